The summed E-state index contributed by atoms with van der Waals surface area (Å²) in [6, 6.07) is 8.04. The first kappa shape index (κ1) is 17.5. The summed E-state index contributed by atoms with van der Waals surface area (Å²) in [7, 11) is 0. The molecule has 21 heavy (non-hydrogen) atoms. The number of hydrogen-bond acceptors (Lipinski definition) is 4. The van der Waals surface area contributed by atoms with E-state index < -0.39 is 0 Å². The van der Waals surface area contributed by atoms with Gasteiger partial charge in [-0.3, -0.25) is 9.69 Å². The second-order valence-corrected chi connectivity index (χ2v) is 4.75. The lowest BCUT2D eigenvalue weighted by molar-refractivity contribution is -0.144. The highest BCUT2D eigenvalue weighted by Crippen LogP contribution is 2.26. The van der Waals surface area contributed by atoms with Crippen molar-refractivity contribution in [2.45, 2.75) is 40.2 Å². The predicted octanol–water partition coefficient (Wildman–Crippen LogP) is 3.42. The molecule has 4 nitrogen and oxygen atoms in total. The van der Waals surface area contributed by atoms with Crippen LogP contribution in [0.5, 0.6) is 5.75 Å². The van der Waals surface area contributed by atoms with Crippen molar-refractivity contribution in [1.29, 1.82) is 0 Å². The fraction of sp³-hybridized carbons (Fsp3) is 0.588. The van der Waals surface area contributed by atoms with E-state index in [2.05, 4.69) is 18.7 Å². The molecule has 0 aromatic heterocycles. The third-order valence-corrected chi connectivity index (χ3v) is 3.49. The van der Waals surface area contributed by atoms with E-state index in [1.54, 1.807) is 0 Å². The van der Waals surface area contributed by atoms with E-state index in [4.69, 9.17) is 9.47 Å². The van der Waals surface area contributed by atoms with Crippen molar-refractivity contribution in [1.82, 2.24) is 4.90 Å². The highest BCUT2D eigenvalue weighted by molar-refractivity contribution is 5.70. The quantitative estimate of drug-likeness (QED) is 0.654. The minimum Gasteiger partial charge on any atom is -0.494 e. The first-order valence-electron chi connectivity index (χ1n) is 7.78. The molecule has 1 atom stereocenters. The van der Waals surface area contributed by atoms with E-state index in [0.29, 0.717) is 19.6 Å². The number of rotatable bonds is 9. The number of benzene rings is 1. The molecule has 0 heterocycles. The number of hydrogen-bond donors (Lipinski definition) is 0. The van der Waals surface area contributed by atoms with Crippen LogP contribution in [0.1, 0.15) is 45.7 Å². The summed E-state index contributed by atoms with van der Waals surface area (Å²) in [5.41, 5.74) is 1.12. The monoisotopic (exact) mass is 293 g/mol. The lowest BCUT2D eigenvalue weighted by Crippen LogP contribution is -2.30. The number of nitrogens with zero attached hydrogens (tertiary/aromatic N) is 1. The maximum absolute atomic E-state index is 11.9. The standard InChI is InChI=1S/C17H27NO3/c1-5-18(6-2)16(13-17(19)21-8-4)14-9-11-15(12-10-14)20-7-3/h9-12,16H,5-8,13H2,1-4H3. The maximum atomic E-state index is 11.9. The fourth-order valence-corrected chi connectivity index (χ4v) is 2.45. The molecule has 0 amide bonds. The summed E-state index contributed by atoms with van der Waals surface area (Å²) in [6.07, 6.45) is 0.378. The van der Waals surface area contributed by atoms with Gasteiger partial charge >= 0.3 is 5.97 Å². The van der Waals surface area contributed by atoms with E-state index in [1.165, 1.54) is 0 Å². The van der Waals surface area contributed by atoms with Crippen LogP contribution in [0.4, 0.5) is 0 Å². The van der Waals surface area contributed by atoms with Gasteiger partial charge in [-0.05, 0) is 44.6 Å². The van der Waals surface area contributed by atoms with Crippen LogP contribution in [0.2, 0.25) is 0 Å². The van der Waals surface area contributed by atoms with Gasteiger partial charge in [0.15, 0.2) is 0 Å². The minimum atomic E-state index is -0.150. The average molecular weight is 293 g/mol. The minimum absolute atomic E-state index is 0.0507. The molecule has 0 saturated heterocycles. The normalized spacial score (nSPS) is 12.2. The van der Waals surface area contributed by atoms with Gasteiger partial charge in [-0.25, -0.2) is 0 Å². The topological polar surface area (TPSA) is 38.8 Å². The van der Waals surface area contributed by atoms with Crippen molar-refractivity contribution in [3.8, 4) is 5.75 Å². The second-order valence-electron chi connectivity index (χ2n) is 4.75. The van der Waals surface area contributed by atoms with Gasteiger partial charge in [-0.1, -0.05) is 26.0 Å². The molecular formula is C17H27NO3. The van der Waals surface area contributed by atoms with Crippen LogP contribution in [0, 0.1) is 0 Å². The number of ether oxygens (including phenoxy) is 2. The van der Waals surface area contributed by atoms with Crippen molar-refractivity contribution in [2.24, 2.45) is 0 Å². The predicted molar refractivity (Wildman–Crippen MR) is 84.5 cm³/mol. The van der Waals surface area contributed by atoms with Crippen molar-refractivity contribution in [2.75, 3.05) is 26.3 Å². The highest BCUT2D eigenvalue weighted by Gasteiger charge is 2.22. The number of carbonyl (C=O) groups is 1. The second kappa shape index (κ2) is 9.40. The van der Waals surface area contributed by atoms with Crippen LogP contribution in [0.25, 0.3) is 0 Å². The molecule has 0 fully saturated rings. The van der Waals surface area contributed by atoms with E-state index in [9.17, 15) is 4.79 Å². The van der Waals surface area contributed by atoms with Gasteiger partial charge in [-0.2, -0.15) is 0 Å². The Balaban J connectivity index is 2.91. The highest BCUT2D eigenvalue weighted by atomic mass is 16.5. The van der Waals surface area contributed by atoms with Crippen molar-refractivity contribution < 1.29 is 14.3 Å². The summed E-state index contributed by atoms with van der Waals surface area (Å²) < 4.78 is 10.6. The van der Waals surface area contributed by atoms with Crippen molar-refractivity contribution in [3.63, 3.8) is 0 Å². The van der Waals surface area contributed by atoms with Gasteiger partial charge in [0.05, 0.1) is 19.6 Å². The number of carbonyl (C=O) groups excluding carboxylic acids is 1. The van der Waals surface area contributed by atoms with Gasteiger partial charge in [-0.15, -0.1) is 0 Å². The van der Waals surface area contributed by atoms with Crippen LogP contribution in [0.15, 0.2) is 24.3 Å². The summed E-state index contributed by atoms with van der Waals surface area (Å²) in [5.74, 6) is 0.707. The van der Waals surface area contributed by atoms with Gasteiger partial charge in [0.1, 0.15) is 5.75 Å². The lowest BCUT2D eigenvalue weighted by Gasteiger charge is -2.29. The third-order valence-electron chi connectivity index (χ3n) is 3.49. The first-order valence-corrected chi connectivity index (χ1v) is 7.78. The third kappa shape index (κ3) is 5.38. The zero-order valence-electron chi connectivity index (χ0n) is 13.6. The zero-order chi connectivity index (χ0) is 15.7. The van der Waals surface area contributed by atoms with Crippen LogP contribution >= 0.6 is 0 Å². The summed E-state index contributed by atoms with van der Waals surface area (Å²) in [5, 5.41) is 0. The number of esters is 1. The molecule has 1 unspecified atom stereocenters. The van der Waals surface area contributed by atoms with Gasteiger partial charge in [0, 0.05) is 6.04 Å². The maximum Gasteiger partial charge on any atom is 0.307 e. The Morgan fingerprint density at radius 1 is 1.05 bits per heavy atom. The molecule has 0 spiro atoms. The zero-order valence-corrected chi connectivity index (χ0v) is 13.6. The van der Waals surface area contributed by atoms with Crippen molar-refractivity contribution >= 4 is 5.97 Å². The van der Waals surface area contributed by atoms with Gasteiger partial charge in [0.2, 0.25) is 0 Å². The Labute approximate surface area is 128 Å². The van der Waals surface area contributed by atoms with Gasteiger partial charge in [0.25, 0.3) is 0 Å². The van der Waals surface area contributed by atoms with Crippen LogP contribution in [-0.4, -0.2) is 37.2 Å². The van der Waals surface area contributed by atoms with Crippen LogP contribution < -0.4 is 4.74 Å². The molecule has 1 aromatic carbocycles. The summed E-state index contributed by atoms with van der Waals surface area (Å²) >= 11 is 0. The van der Waals surface area contributed by atoms with E-state index >= 15 is 0 Å². The average Bonchev–Trinajstić information content (AvgIpc) is 2.49. The Kier molecular flexibility index (Phi) is 7.83. The van der Waals surface area contributed by atoms with E-state index in [1.807, 2.05) is 38.1 Å². The van der Waals surface area contributed by atoms with Crippen molar-refractivity contribution in [3.05, 3.63) is 29.8 Å². The Bertz CT molecular complexity index is 413. The first-order chi connectivity index (χ1) is 10.2. The Morgan fingerprint density at radius 3 is 2.14 bits per heavy atom. The SMILES string of the molecule is CCOC(=O)CC(c1ccc(OCC)cc1)N(CC)CC. The molecule has 0 aliphatic carbocycles. The Hall–Kier alpha value is -1.55. The molecule has 0 bridgehead atoms. The largest absolute Gasteiger partial charge is 0.494 e. The van der Waals surface area contributed by atoms with E-state index in [-0.39, 0.29) is 12.0 Å². The molecular weight excluding hydrogens is 266 g/mol. The molecule has 1 rings (SSSR count). The summed E-state index contributed by atoms with van der Waals surface area (Å²) in [6.45, 7) is 10.9. The molecule has 0 N–H and O–H groups in total. The molecule has 0 radical (unpaired) electrons. The molecule has 4 heteroatoms. The molecule has 1 aromatic rings. The smallest absolute Gasteiger partial charge is 0.307 e. The van der Waals surface area contributed by atoms with Crippen LogP contribution in [-0.2, 0) is 9.53 Å². The lowest BCUT2D eigenvalue weighted by atomic mass is 10.0. The molecule has 0 saturated carbocycles. The van der Waals surface area contributed by atoms with Gasteiger partial charge < -0.3 is 9.47 Å². The van der Waals surface area contributed by atoms with E-state index in [0.717, 1.165) is 24.4 Å². The molecule has 0 aliphatic heterocycles. The Morgan fingerprint density at radius 2 is 1.67 bits per heavy atom. The molecule has 118 valence electrons. The van der Waals surface area contributed by atoms with Crippen LogP contribution in [0.3, 0.4) is 0 Å². The molecule has 0 aliphatic rings. The summed E-state index contributed by atoms with van der Waals surface area (Å²) in [4.78, 5) is 14.1. The fourth-order valence-electron chi connectivity index (χ4n) is 2.45.